The highest BCUT2D eigenvalue weighted by Crippen LogP contribution is 2.21. The molecular weight excluding hydrogens is 351 g/mol. The molecule has 2 rings (SSSR count). The van der Waals surface area contributed by atoms with Crippen LogP contribution in [0.3, 0.4) is 0 Å². The number of hydrogen-bond donors (Lipinski definition) is 2. The fraction of sp³-hybridized carbons (Fsp3) is 0.562. The molecule has 140 valence electrons. The van der Waals surface area contributed by atoms with E-state index in [1.54, 1.807) is 14.0 Å². The van der Waals surface area contributed by atoms with Gasteiger partial charge in [0.05, 0.1) is 29.2 Å². The average Bonchev–Trinajstić information content (AvgIpc) is 3.02. The first-order valence-corrected chi connectivity index (χ1v) is 9.51. The Hall–Kier alpha value is -1.55. The molecule has 1 aromatic carbocycles. The Balaban J connectivity index is 2.20. The zero-order chi connectivity index (χ0) is 18.5. The predicted octanol–water partition coefficient (Wildman–Crippen LogP) is 1.05. The van der Waals surface area contributed by atoms with E-state index in [0.29, 0.717) is 6.61 Å². The van der Waals surface area contributed by atoms with Crippen molar-refractivity contribution < 1.29 is 27.1 Å². The summed E-state index contributed by atoms with van der Waals surface area (Å²) in [5.74, 6) is -1.59. The third-order valence-electron chi connectivity index (χ3n) is 4.05. The average molecular weight is 374 g/mol. The molecule has 25 heavy (non-hydrogen) atoms. The van der Waals surface area contributed by atoms with Gasteiger partial charge in [0.25, 0.3) is 0 Å². The van der Waals surface area contributed by atoms with Gasteiger partial charge in [0.15, 0.2) is 0 Å². The molecule has 0 bridgehead atoms. The first kappa shape index (κ1) is 19.8. The summed E-state index contributed by atoms with van der Waals surface area (Å²) in [6.45, 7) is 2.96. The van der Waals surface area contributed by atoms with Gasteiger partial charge in [-0.3, -0.25) is 0 Å². The van der Waals surface area contributed by atoms with Crippen LogP contribution >= 0.6 is 0 Å². The number of sulfonamides is 1. The van der Waals surface area contributed by atoms with Crippen LogP contribution in [0.4, 0.5) is 4.39 Å². The van der Waals surface area contributed by atoms with Crippen LogP contribution < -0.4 is 10.0 Å². The Morgan fingerprint density at radius 3 is 2.76 bits per heavy atom. The normalized spacial score (nSPS) is 20.6. The first-order chi connectivity index (χ1) is 11.8. The van der Waals surface area contributed by atoms with Crippen molar-refractivity contribution in [2.45, 2.75) is 30.2 Å². The maximum absolute atomic E-state index is 13.8. The number of hydrogen-bond acceptors (Lipinski definition) is 6. The highest BCUT2D eigenvalue weighted by Gasteiger charge is 2.35. The maximum Gasteiger partial charge on any atom is 0.338 e. The standard InChI is InChI=1S/C16H23FN2O5S/c1-3-24-15(20)12-7-13(17)9-14(8-12)25(21,22)19-10-16(11-23-2)5-4-6-18-16/h7-9,18-19H,3-6,10-11H2,1-2H3. The lowest BCUT2D eigenvalue weighted by Gasteiger charge is -2.28. The van der Waals surface area contributed by atoms with E-state index in [-0.39, 0.29) is 23.6 Å². The molecule has 0 radical (unpaired) electrons. The fourth-order valence-electron chi connectivity index (χ4n) is 2.84. The van der Waals surface area contributed by atoms with Crippen molar-refractivity contribution in [3.8, 4) is 0 Å². The van der Waals surface area contributed by atoms with Crippen LogP contribution in [-0.2, 0) is 19.5 Å². The summed E-state index contributed by atoms with van der Waals surface area (Å²) in [7, 11) is -2.44. The second-order valence-electron chi connectivity index (χ2n) is 5.96. The summed E-state index contributed by atoms with van der Waals surface area (Å²) < 4.78 is 51.3. The lowest BCUT2D eigenvalue weighted by molar-refractivity contribution is 0.0525. The van der Waals surface area contributed by atoms with Gasteiger partial charge in [0.1, 0.15) is 5.82 Å². The third kappa shape index (κ3) is 4.97. The number of carbonyl (C=O) groups is 1. The molecule has 1 aliphatic rings. The number of halogens is 1. The highest BCUT2D eigenvalue weighted by atomic mass is 32.2. The van der Waals surface area contributed by atoms with Crippen LogP contribution in [0.25, 0.3) is 0 Å². The van der Waals surface area contributed by atoms with E-state index in [2.05, 4.69) is 10.0 Å². The van der Waals surface area contributed by atoms with Crippen LogP contribution in [0.1, 0.15) is 30.1 Å². The largest absolute Gasteiger partial charge is 0.462 e. The number of methoxy groups -OCH3 is 1. The van der Waals surface area contributed by atoms with Gasteiger partial charge < -0.3 is 14.8 Å². The van der Waals surface area contributed by atoms with Crippen molar-refractivity contribution in [3.63, 3.8) is 0 Å². The molecule has 2 N–H and O–H groups in total. The minimum atomic E-state index is -3.99. The van der Waals surface area contributed by atoms with Crippen molar-refractivity contribution in [2.24, 2.45) is 0 Å². The van der Waals surface area contributed by atoms with E-state index in [9.17, 15) is 17.6 Å². The summed E-state index contributed by atoms with van der Waals surface area (Å²) in [6, 6.07) is 2.92. The summed E-state index contributed by atoms with van der Waals surface area (Å²) in [5, 5.41) is 3.25. The maximum atomic E-state index is 13.8. The predicted molar refractivity (Wildman–Crippen MR) is 89.4 cm³/mol. The van der Waals surface area contributed by atoms with Crippen molar-refractivity contribution in [1.29, 1.82) is 0 Å². The Kier molecular flexibility index (Phi) is 6.50. The Bertz CT molecular complexity index is 717. The van der Waals surface area contributed by atoms with E-state index in [1.807, 2.05) is 0 Å². The molecule has 1 aliphatic heterocycles. The van der Waals surface area contributed by atoms with Gasteiger partial charge in [0.2, 0.25) is 10.0 Å². The van der Waals surface area contributed by atoms with Crippen LogP contribution in [0.2, 0.25) is 0 Å². The van der Waals surface area contributed by atoms with Crippen LogP contribution in [0.15, 0.2) is 23.1 Å². The Labute approximate surface area is 146 Å². The third-order valence-corrected chi connectivity index (χ3v) is 5.43. The van der Waals surface area contributed by atoms with E-state index >= 15 is 0 Å². The number of ether oxygens (including phenoxy) is 2. The number of rotatable bonds is 8. The van der Waals surface area contributed by atoms with E-state index in [4.69, 9.17) is 9.47 Å². The van der Waals surface area contributed by atoms with Gasteiger partial charge >= 0.3 is 5.97 Å². The van der Waals surface area contributed by atoms with Crippen molar-refractivity contribution in [3.05, 3.63) is 29.6 Å². The monoisotopic (exact) mass is 374 g/mol. The summed E-state index contributed by atoms with van der Waals surface area (Å²) in [6.07, 6.45) is 1.68. The van der Waals surface area contributed by atoms with E-state index < -0.39 is 27.3 Å². The molecular formula is C16H23FN2O5S. The SMILES string of the molecule is CCOC(=O)c1cc(F)cc(S(=O)(=O)NCC2(COC)CCCN2)c1. The van der Waals surface area contributed by atoms with Gasteiger partial charge in [-0.15, -0.1) is 0 Å². The molecule has 9 heteroatoms. The molecule has 0 aromatic heterocycles. The van der Waals surface area contributed by atoms with Gasteiger partial charge in [-0.1, -0.05) is 0 Å². The zero-order valence-corrected chi connectivity index (χ0v) is 15.1. The Morgan fingerprint density at radius 1 is 1.40 bits per heavy atom. The summed E-state index contributed by atoms with van der Waals surface area (Å²) >= 11 is 0. The topological polar surface area (TPSA) is 93.7 Å². The summed E-state index contributed by atoms with van der Waals surface area (Å²) in [5.41, 5.74) is -0.633. The van der Waals surface area contributed by atoms with Crippen LogP contribution in [0, 0.1) is 5.82 Å². The molecule has 0 amide bonds. The molecule has 0 saturated carbocycles. The quantitative estimate of drug-likeness (QED) is 0.661. The molecule has 7 nitrogen and oxygen atoms in total. The Morgan fingerprint density at radius 2 is 2.16 bits per heavy atom. The van der Waals surface area contributed by atoms with Crippen molar-refractivity contribution in [2.75, 3.05) is 33.4 Å². The van der Waals surface area contributed by atoms with E-state index in [0.717, 1.165) is 37.6 Å². The minimum absolute atomic E-state index is 0.106. The molecule has 1 atom stereocenters. The van der Waals surface area contributed by atoms with Crippen LogP contribution in [0.5, 0.6) is 0 Å². The van der Waals surface area contributed by atoms with E-state index in [1.165, 1.54) is 0 Å². The van der Waals surface area contributed by atoms with Gasteiger partial charge in [-0.05, 0) is 44.5 Å². The van der Waals surface area contributed by atoms with Crippen LogP contribution in [-0.4, -0.2) is 53.3 Å². The number of carbonyl (C=O) groups excluding carboxylic acids is 1. The fourth-order valence-corrected chi connectivity index (χ4v) is 4.02. The van der Waals surface area contributed by atoms with Gasteiger partial charge in [0, 0.05) is 13.7 Å². The van der Waals surface area contributed by atoms with Gasteiger partial charge in [-0.2, -0.15) is 0 Å². The lowest BCUT2D eigenvalue weighted by atomic mass is 9.99. The van der Waals surface area contributed by atoms with Crippen molar-refractivity contribution in [1.82, 2.24) is 10.0 Å². The molecule has 1 heterocycles. The first-order valence-electron chi connectivity index (χ1n) is 8.03. The smallest absolute Gasteiger partial charge is 0.338 e. The number of esters is 1. The molecule has 1 saturated heterocycles. The number of benzene rings is 1. The molecule has 0 aliphatic carbocycles. The summed E-state index contributed by atoms with van der Waals surface area (Å²) in [4.78, 5) is 11.4. The molecule has 1 unspecified atom stereocenters. The minimum Gasteiger partial charge on any atom is -0.462 e. The molecule has 0 spiro atoms. The second kappa shape index (κ2) is 8.22. The second-order valence-corrected chi connectivity index (χ2v) is 7.73. The lowest BCUT2D eigenvalue weighted by Crippen LogP contribution is -2.52. The highest BCUT2D eigenvalue weighted by molar-refractivity contribution is 7.89. The molecule has 1 fully saturated rings. The zero-order valence-electron chi connectivity index (χ0n) is 14.3. The van der Waals surface area contributed by atoms with Gasteiger partial charge in [-0.25, -0.2) is 22.3 Å². The molecule has 1 aromatic rings. The van der Waals surface area contributed by atoms with Crippen molar-refractivity contribution >= 4 is 16.0 Å². The number of nitrogens with one attached hydrogen (secondary N) is 2.